The number of aromatic nitrogens is 1. The third-order valence-electron chi connectivity index (χ3n) is 7.24. The average molecular weight is 495 g/mol. The molecular weight excluding hydrogens is 456 g/mol. The van der Waals surface area contributed by atoms with Crippen molar-refractivity contribution < 1.29 is 14.3 Å². The molecule has 36 heavy (non-hydrogen) atoms. The molecule has 0 bridgehead atoms. The van der Waals surface area contributed by atoms with Crippen molar-refractivity contribution >= 4 is 17.5 Å². The van der Waals surface area contributed by atoms with Crippen molar-refractivity contribution in [3.63, 3.8) is 0 Å². The first-order valence-electron chi connectivity index (χ1n) is 13.2. The summed E-state index contributed by atoms with van der Waals surface area (Å²) in [5, 5.41) is 3.08. The number of amides is 2. The fourth-order valence-corrected chi connectivity index (χ4v) is 5.11. The molecule has 2 aromatic rings. The highest BCUT2D eigenvalue weighted by Gasteiger charge is 2.27. The Hall–Kier alpha value is -3.13. The molecule has 0 atom stereocenters. The zero-order valence-corrected chi connectivity index (χ0v) is 21.3. The first-order valence-corrected chi connectivity index (χ1v) is 13.2. The topological polar surface area (TPSA) is 83.9 Å². The third-order valence-corrected chi connectivity index (χ3v) is 7.24. The summed E-state index contributed by atoms with van der Waals surface area (Å²) in [7, 11) is 1.60. The lowest BCUT2D eigenvalue weighted by Gasteiger charge is -2.36. The molecule has 2 aliphatic rings. The van der Waals surface area contributed by atoms with Gasteiger partial charge in [0.1, 0.15) is 11.1 Å². The molecule has 8 heteroatoms. The largest absolute Gasteiger partial charge is 0.383 e. The Labute approximate surface area is 213 Å². The van der Waals surface area contributed by atoms with E-state index < -0.39 is 5.43 Å². The lowest BCUT2D eigenvalue weighted by molar-refractivity contribution is 0.0744. The number of nitrogens with one attached hydrogen (secondary N) is 1. The predicted octanol–water partition coefficient (Wildman–Crippen LogP) is 3.30. The number of hydrogen-bond donors (Lipinski definition) is 1. The highest BCUT2D eigenvalue weighted by atomic mass is 16.5. The molecule has 1 aliphatic heterocycles. The lowest BCUT2D eigenvalue weighted by Crippen LogP contribution is -2.50. The lowest BCUT2D eigenvalue weighted by atomic mass is 9.96. The van der Waals surface area contributed by atoms with Crippen LogP contribution in [0.5, 0.6) is 0 Å². The van der Waals surface area contributed by atoms with Crippen molar-refractivity contribution in [1.29, 1.82) is 0 Å². The second-order valence-electron chi connectivity index (χ2n) is 9.78. The molecule has 0 radical (unpaired) electrons. The van der Waals surface area contributed by atoms with Crippen molar-refractivity contribution in [3.8, 4) is 0 Å². The molecule has 1 saturated heterocycles. The number of hydrogen-bond acceptors (Lipinski definition) is 5. The van der Waals surface area contributed by atoms with Crippen LogP contribution in [0, 0.1) is 0 Å². The van der Waals surface area contributed by atoms with Crippen molar-refractivity contribution in [2.75, 3.05) is 44.8 Å². The number of methoxy groups -OCH3 is 1. The predicted molar refractivity (Wildman–Crippen MR) is 141 cm³/mol. The Bertz CT molecular complexity index is 1070. The standard InChI is InChI=1S/C28H38N4O4/c1-36-19-18-30-20-24(27(34)29-22-10-6-3-2-4-7-11-22)26(33)25(21-30)28(35)32-16-14-31(15-17-32)23-12-8-5-9-13-23/h5,8-9,12-13,20-22H,2-4,6-7,10-11,14-19H2,1H3,(H,29,34). The van der Waals surface area contributed by atoms with E-state index in [1.165, 1.54) is 19.3 Å². The van der Waals surface area contributed by atoms with Gasteiger partial charge in [-0.15, -0.1) is 0 Å². The van der Waals surface area contributed by atoms with Gasteiger partial charge >= 0.3 is 0 Å². The van der Waals surface area contributed by atoms with Gasteiger partial charge in [-0.2, -0.15) is 0 Å². The number of ether oxygens (including phenoxy) is 1. The minimum Gasteiger partial charge on any atom is -0.383 e. The average Bonchev–Trinajstić information content (AvgIpc) is 2.89. The highest BCUT2D eigenvalue weighted by molar-refractivity contribution is 5.99. The van der Waals surface area contributed by atoms with Crippen LogP contribution in [0.1, 0.15) is 65.7 Å². The number of benzene rings is 1. The number of piperazine rings is 1. The number of rotatable bonds is 7. The molecule has 1 aliphatic carbocycles. The van der Waals surface area contributed by atoms with Crippen LogP contribution in [0.25, 0.3) is 0 Å². The zero-order valence-electron chi connectivity index (χ0n) is 21.3. The molecule has 1 aromatic carbocycles. The monoisotopic (exact) mass is 494 g/mol. The van der Waals surface area contributed by atoms with Crippen LogP contribution in [0.4, 0.5) is 5.69 Å². The Morgan fingerprint density at radius 2 is 1.56 bits per heavy atom. The third kappa shape index (κ3) is 6.55. The van der Waals surface area contributed by atoms with Gasteiger partial charge in [0.05, 0.1) is 6.61 Å². The van der Waals surface area contributed by atoms with E-state index in [4.69, 9.17) is 4.74 Å². The maximum Gasteiger partial charge on any atom is 0.259 e. The van der Waals surface area contributed by atoms with Gasteiger partial charge in [0, 0.05) is 64.0 Å². The molecule has 0 unspecified atom stereocenters. The molecule has 1 aromatic heterocycles. The van der Waals surface area contributed by atoms with Gasteiger partial charge in [0.15, 0.2) is 0 Å². The molecule has 4 rings (SSSR count). The van der Waals surface area contributed by atoms with Crippen molar-refractivity contribution in [2.45, 2.75) is 57.5 Å². The Morgan fingerprint density at radius 3 is 2.22 bits per heavy atom. The number of nitrogens with zero attached hydrogens (tertiary/aromatic N) is 3. The summed E-state index contributed by atoms with van der Waals surface area (Å²) in [6.07, 6.45) is 10.7. The van der Waals surface area contributed by atoms with Gasteiger partial charge in [-0.05, 0) is 25.0 Å². The van der Waals surface area contributed by atoms with E-state index in [1.54, 1.807) is 29.0 Å². The summed E-state index contributed by atoms with van der Waals surface area (Å²) in [6, 6.07) is 10.2. The van der Waals surface area contributed by atoms with Crippen LogP contribution in [0.2, 0.25) is 0 Å². The van der Waals surface area contributed by atoms with Crippen LogP contribution >= 0.6 is 0 Å². The first kappa shape index (κ1) is 25.9. The number of para-hydroxylation sites is 1. The summed E-state index contributed by atoms with van der Waals surface area (Å²) in [5.74, 6) is -0.709. The van der Waals surface area contributed by atoms with E-state index in [0.29, 0.717) is 39.3 Å². The highest BCUT2D eigenvalue weighted by Crippen LogP contribution is 2.18. The fourth-order valence-electron chi connectivity index (χ4n) is 5.11. The molecule has 1 N–H and O–H groups in total. The van der Waals surface area contributed by atoms with E-state index in [1.807, 2.05) is 18.2 Å². The molecule has 8 nitrogen and oxygen atoms in total. The quantitative estimate of drug-likeness (QED) is 0.639. The van der Waals surface area contributed by atoms with Crippen LogP contribution in [-0.2, 0) is 11.3 Å². The second-order valence-corrected chi connectivity index (χ2v) is 9.78. The molecule has 2 amide bonds. The van der Waals surface area contributed by atoms with Crippen molar-refractivity contribution in [2.24, 2.45) is 0 Å². The molecule has 2 fully saturated rings. The molecule has 194 valence electrons. The number of carbonyl (C=O) groups is 2. The van der Waals surface area contributed by atoms with Gasteiger partial charge in [0.2, 0.25) is 5.43 Å². The van der Waals surface area contributed by atoms with Gasteiger partial charge in [-0.25, -0.2) is 0 Å². The maximum atomic E-state index is 13.5. The summed E-state index contributed by atoms with van der Waals surface area (Å²) >= 11 is 0. The van der Waals surface area contributed by atoms with Crippen LogP contribution in [0.15, 0.2) is 47.5 Å². The normalized spacial score (nSPS) is 17.4. The SMILES string of the molecule is COCCn1cc(C(=O)NC2CCCCCCC2)c(=O)c(C(=O)N2CCN(c3ccccc3)CC2)c1. The molecule has 1 saturated carbocycles. The Morgan fingerprint density at radius 1 is 0.917 bits per heavy atom. The van der Waals surface area contributed by atoms with Gasteiger partial charge in [-0.3, -0.25) is 14.4 Å². The number of anilines is 1. The maximum absolute atomic E-state index is 13.5. The minimum atomic E-state index is -0.498. The minimum absolute atomic E-state index is 0.0296. The smallest absolute Gasteiger partial charge is 0.259 e. The summed E-state index contributed by atoms with van der Waals surface area (Å²) < 4.78 is 6.92. The van der Waals surface area contributed by atoms with Crippen LogP contribution in [-0.4, -0.2) is 67.2 Å². The first-order chi connectivity index (χ1) is 17.6. The van der Waals surface area contributed by atoms with Gasteiger partial charge < -0.3 is 24.4 Å². The number of carbonyl (C=O) groups excluding carboxylic acids is 2. The van der Waals surface area contributed by atoms with E-state index >= 15 is 0 Å². The second kappa shape index (κ2) is 12.7. The summed E-state index contributed by atoms with van der Waals surface area (Å²) in [6.45, 7) is 3.27. The van der Waals surface area contributed by atoms with Gasteiger partial charge in [0.25, 0.3) is 11.8 Å². The number of pyridine rings is 1. The van der Waals surface area contributed by atoms with Crippen LogP contribution < -0.4 is 15.6 Å². The summed E-state index contributed by atoms with van der Waals surface area (Å²) in [5.41, 5.74) is 0.702. The molecular formula is C28H38N4O4. The van der Waals surface area contributed by atoms with E-state index in [2.05, 4.69) is 22.3 Å². The fraction of sp³-hybridized carbons (Fsp3) is 0.536. The molecule has 0 spiro atoms. The van der Waals surface area contributed by atoms with Crippen molar-refractivity contribution in [1.82, 2.24) is 14.8 Å². The van der Waals surface area contributed by atoms with Gasteiger partial charge in [-0.1, -0.05) is 50.3 Å². The van der Waals surface area contributed by atoms with E-state index in [-0.39, 0.29) is 29.0 Å². The van der Waals surface area contributed by atoms with E-state index in [0.717, 1.165) is 31.4 Å². The van der Waals surface area contributed by atoms with Crippen molar-refractivity contribution in [3.05, 3.63) is 64.1 Å². The van der Waals surface area contributed by atoms with Crippen LogP contribution in [0.3, 0.4) is 0 Å². The van der Waals surface area contributed by atoms with E-state index in [9.17, 15) is 14.4 Å². The Balaban J connectivity index is 1.51. The summed E-state index contributed by atoms with van der Waals surface area (Å²) in [4.78, 5) is 44.0. The Kier molecular flexibility index (Phi) is 9.17. The zero-order chi connectivity index (χ0) is 25.3. The molecule has 2 heterocycles.